The Bertz CT molecular complexity index is 766. The van der Waals surface area contributed by atoms with Crippen molar-refractivity contribution >= 4 is 11.6 Å². The average Bonchev–Trinajstić information content (AvgIpc) is 2.73. The molecule has 0 aromatic heterocycles. The molecule has 0 aliphatic heterocycles. The fourth-order valence-corrected chi connectivity index (χ4v) is 4.75. The maximum Gasteiger partial charge on any atom is 0.224 e. The van der Waals surface area contributed by atoms with Crippen LogP contribution < -0.4 is 5.32 Å². The van der Waals surface area contributed by atoms with E-state index in [4.69, 9.17) is 0 Å². The molecule has 0 spiro atoms. The summed E-state index contributed by atoms with van der Waals surface area (Å²) in [5.74, 6) is 1.32. The number of allylic oxidation sites excluding steroid dienone is 6. The molecule has 2 atom stereocenters. The molecule has 176 valence electrons. The van der Waals surface area contributed by atoms with Crippen LogP contribution in [0.25, 0.3) is 0 Å². The number of para-hydroxylation sites is 1. The highest BCUT2D eigenvalue weighted by Crippen LogP contribution is 2.25. The van der Waals surface area contributed by atoms with E-state index in [1.54, 1.807) is 0 Å². The molecule has 1 amide bonds. The van der Waals surface area contributed by atoms with E-state index < -0.39 is 0 Å². The number of carbonyl (C=O) groups excluding carboxylic acids is 1. The van der Waals surface area contributed by atoms with Gasteiger partial charge in [-0.25, -0.2) is 0 Å². The predicted molar refractivity (Wildman–Crippen MR) is 140 cm³/mol. The standard InChI is InChI=1S/C30H45NO/c1-5-16-27(23-29(32)31-30-25(3)18-15-19-26(30)4)20-12-10-9-11-17-24(2)28-21-13-7-6-8-14-22-28/h6-7,13,15,18-19,21-22,24,27H,5,8-12,14,16-17,20,23H2,1-4H3,(H,31,32)/b7-6+,21-13-,28-22+. The fourth-order valence-electron chi connectivity index (χ4n) is 4.75. The van der Waals surface area contributed by atoms with Gasteiger partial charge in [0.05, 0.1) is 0 Å². The number of unbranched alkanes of at least 4 members (excludes halogenated alkanes) is 3. The minimum atomic E-state index is 0.171. The first kappa shape index (κ1) is 26.2. The number of carbonyl (C=O) groups is 1. The second-order valence-corrected chi connectivity index (χ2v) is 9.64. The predicted octanol–water partition coefficient (Wildman–Crippen LogP) is 8.86. The Morgan fingerprint density at radius 3 is 2.41 bits per heavy atom. The summed E-state index contributed by atoms with van der Waals surface area (Å²) < 4.78 is 0. The van der Waals surface area contributed by atoms with E-state index in [9.17, 15) is 4.79 Å². The SMILES string of the molecule is CCCC(CCCCCCC(C)C1=C/CC/C=C/C=C\1)CC(=O)Nc1c(C)cccc1C. The van der Waals surface area contributed by atoms with Crippen molar-refractivity contribution in [3.63, 3.8) is 0 Å². The number of hydrogen-bond acceptors (Lipinski definition) is 1. The molecule has 0 heterocycles. The van der Waals surface area contributed by atoms with Crippen molar-refractivity contribution in [2.24, 2.45) is 11.8 Å². The van der Waals surface area contributed by atoms with Crippen molar-refractivity contribution in [1.82, 2.24) is 0 Å². The summed E-state index contributed by atoms with van der Waals surface area (Å²) in [4.78, 5) is 12.7. The summed E-state index contributed by atoms with van der Waals surface area (Å²) in [6.07, 6.45) is 24.1. The Hall–Kier alpha value is -2.09. The molecule has 0 saturated heterocycles. The minimum Gasteiger partial charge on any atom is -0.326 e. The summed E-state index contributed by atoms with van der Waals surface area (Å²) in [6.45, 7) is 8.72. The highest BCUT2D eigenvalue weighted by Gasteiger charge is 2.15. The van der Waals surface area contributed by atoms with Gasteiger partial charge in [-0.05, 0) is 68.1 Å². The van der Waals surface area contributed by atoms with E-state index in [-0.39, 0.29) is 5.91 Å². The van der Waals surface area contributed by atoms with Gasteiger partial charge in [-0.1, -0.05) is 101 Å². The highest BCUT2D eigenvalue weighted by molar-refractivity contribution is 5.92. The summed E-state index contributed by atoms with van der Waals surface area (Å²) >= 11 is 0. The molecular formula is C30H45NO. The molecule has 0 bridgehead atoms. The number of rotatable bonds is 13. The maximum atomic E-state index is 12.7. The molecular weight excluding hydrogens is 390 g/mol. The lowest BCUT2D eigenvalue weighted by atomic mass is 9.90. The Morgan fingerprint density at radius 1 is 0.969 bits per heavy atom. The van der Waals surface area contributed by atoms with Crippen LogP contribution in [0, 0.1) is 25.7 Å². The zero-order valence-corrected chi connectivity index (χ0v) is 21.0. The topological polar surface area (TPSA) is 29.1 Å². The van der Waals surface area contributed by atoms with Gasteiger partial charge in [0.2, 0.25) is 5.91 Å². The normalized spacial score (nSPS) is 19.2. The maximum absolute atomic E-state index is 12.7. The van der Waals surface area contributed by atoms with E-state index in [1.165, 1.54) is 44.1 Å². The first-order valence-electron chi connectivity index (χ1n) is 12.9. The van der Waals surface area contributed by atoms with Crippen molar-refractivity contribution in [3.8, 4) is 0 Å². The van der Waals surface area contributed by atoms with Crippen LogP contribution in [0.2, 0.25) is 0 Å². The molecule has 1 aliphatic carbocycles. The lowest BCUT2D eigenvalue weighted by molar-refractivity contribution is -0.117. The van der Waals surface area contributed by atoms with Gasteiger partial charge in [0, 0.05) is 12.1 Å². The molecule has 1 aromatic carbocycles. The summed E-state index contributed by atoms with van der Waals surface area (Å²) in [7, 11) is 0. The van der Waals surface area contributed by atoms with Crippen molar-refractivity contribution in [1.29, 1.82) is 0 Å². The van der Waals surface area contributed by atoms with Gasteiger partial charge in [0.15, 0.2) is 0 Å². The van der Waals surface area contributed by atoms with E-state index >= 15 is 0 Å². The van der Waals surface area contributed by atoms with Gasteiger partial charge in [-0.3, -0.25) is 4.79 Å². The van der Waals surface area contributed by atoms with Crippen LogP contribution in [0.15, 0.2) is 54.2 Å². The van der Waals surface area contributed by atoms with Crippen molar-refractivity contribution in [2.45, 2.75) is 98.3 Å². The third kappa shape index (κ3) is 9.59. The van der Waals surface area contributed by atoms with Gasteiger partial charge in [0.1, 0.15) is 0 Å². The molecule has 2 nitrogen and oxygen atoms in total. The second kappa shape index (κ2) is 14.9. The van der Waals surface area contributed by atoms with Gasteiger partial charge in [-0.2, -0.15) is 0 Å². The Balaban J connectivity index is 1.68. The number of nitrogens with one attached hydrogen (secondary N) is 1. The quantitative estimate of drug-likeness (QED) is 0.308. The van der Waals surface area contributed by atoms with Crippen molar-refractivity contribution in [2.75, 3.05) is 5.32 Å². The van der Waals surface area contributed by atoms with Gasteiger partial charge < -0.3 is 5.32 Å². The molecule has 0 radical (unpaired) electrons. The largest absolute Gasteiger partial charge is 0.326 e. The van der Waals surface area contributed by atoms with Crippen molar-refractivity contribution < 1.29 is 4.79 Å². The van der Waals surface area contributed by atoms with Crippen LogP contribution in [0.4, 0.5) is 5.69 Å². The fraction of sp³-hybridized carbons (Fsp3) is 0.567. The molecule has 2 rings (SSSR count). The molecule has 32 heavy (non-hydrogen) atoms. The summed E-state index contributed by atoms with van der Waals surface area (Å²) in [6, 6.07) is 6.17. The van der Waals surface area contributed by atoms with E-state index in [1.807, 2.05) is 6.07 Å². The highest BCUT2D eigenvalue weighted by atomic mass is 16.1. The number of amides is 1. The van der Waals surface area contributed by atoms with Crippen LogP contribution in [0.5, 0.6) is 0 Å². The average molecular weight is 436 g/mol. The lowest BCUT2D eigenvalue weighted by Gasteiger charge is -2.18. The van der Waals surface area contributed by atoms with Crippen LogP contribution in [0.1, 0.15) is 95.6 Å². The molecule has 1 aromatic rings. The van der Waals surface area contributed by atoms with Gasteiger partial charge >= 0.3 is 0 Å². The summed E-state index contributed by atoms with van der Waals surface area (Å²) in [5.41, 5.74) is 4.78. The summed E-state index contributed by atoms with van der Waals surface area (Å²) in [5, 5.41) is 3.18. The number of anilines is 1. The van der Waals surface area contributed by atoms with Crippen molar-refractivity contribution in [3.05, 3.63) is 65.3 Å². The Labute approximate surface area is 197 Å². The third-order valence-corrected chi connectivity index (χ3v) is 6.73. The van der Waals surface area contributed by atoms with E-state index in [2.05, 4.69) is 75.5 Å². The first-order chi connectivity index (χ1) is 15.5. The van der Waals surface area contributed by atoms with Crippen LogP contribution in [-0.2, 0) is 4.79 Å². The van der Waals surface area contributed by atoms with Gasteiger partial charge in [0.25, 0.3) is 0 Å². The van der Waals surface area contributed by atoms with E-state index in [0.717, 1.165) is 42.5 Å². The molecule has 2 heteroatoms. The van der Waals surface area contributed by atoms with Crippen LogP contribution in [0.3, 0.4) is 0 Å². The molecule has 0 saturated carbocycles. The van der Waals surface area contributed by atoms with E-state index in [0.29, 0.717) is 18.3 Å². The van der Waals surface area contributed by atoms with Gasteiger partial charge in [-0.15, -0.1) is 0 Å². The monoisotopic (exact) mass is 435 g/mol. The Kier molecular flexibility index (Phi) is 12.2. The zero-order valence-electron chi connectivity index (χ0n) is 21.0. The molecule has 2 unspecified atom stereocenters. The van der Waals surface area contributed by atoms with Crippen LogP contribution >= 0.6 is 0 Å². The molecule has 1 aliphatic rings. The minimum absolute atomic E-state index is 0.171. The Morgan fingerprint density at radius 2 is 1.69 bits per heavy atom. The second-order valence-electron chi connectivity index (χ2n) is 9.64. The van der Waals surface area contributed by atoms with Crippen LogP contribution in [-0.4, -0.2) is 5.91 Å². The lowest BCUT2D eigenvalue weighted by Crippen LogP contribution is -2.18. The number of hydrogen-bond donors (Lipinski definition) is 1. The molecule has 1 N–H and O–H groups in total. The first-order valence-corrected chi connectivity index (χ1v) is 12.9. The number of benzene rings is 1. The zero-order chi connectivity index (χ0) is 23.2. The number of aryl methyl sites for hydroxylation is 2. The third-order valence-electron chi connectivity index (χ3n) is 6.73. The molecule has 0 fully saturated rings. The smallest absolute Gasteiger partial charge is 0.224 e.